The van der Waals surface area contributed by atoms with Crippen LogP contribution in [0, 0.1) is 0 Å². The number of aliphatic carboxylic acids is 1. The summed E-state index contributed by atoms with van der Waals surface area (Å²) in [6, 6.07) is 3.57. The summed E-state index contributed by atoms with van der Waals surface area (Å²) in [7, 11) is -3.58. The van der Waals surface area contributed by atoms with Crippen LogP contribution in [0.3, 0.4) is 0 Å². The number of nitrogens with zero attached hydrogens (tertiary/aromatic N) is 4. The number of H-pyrrole nitrogens is 1. The molecule has 3 aromatic rings. The zero-order chi connectivity index (χ0) is 19.2. The SMILES string of the molecule is CS(=O)(=O)N1CC(Nc2ccnc(-c3c[nH]c4ncccc34)n2)C1C(=O)O. The van der Waals surface area contributed by atoms with Gasteiger partial charge < -0.3 is 15.4 Å². The fourth-order valence-electron chi connectivity index (χ4n) is 3.13. The monoisotopic (exact) mass is 388 g/mol. The molecule has 0 spiro atoms. The maximum atomic E-state index is 11.7. The molecule has 1 saturated heterocycles. The van der Waals surface area contributed by atoms with Gasteiger partial charge in [-0.15, -0.1) is 0 Å². The van der Waals surface area contributed by atoms with Crippen LogP contribution in [-0.4, -0.2) is 68.6 Å². The van der Waals surface area contributed by atoms with Crippen molar-refractivity contribution in [3.63, 3.8) is 0 Å². The van der Waals surface area contributed by atoms with Crippen molar-refractivity contribution in [2.45, 2.75) is 12.1 Å². The molecule has 3 N–H and O–H groups in total. The molecule has 0 bridgehead atoms. The van der Waals surface area contributed by atoms with Gasteiger partial charge in [0.25, 0.3) is 0 Å². The van der Waals surface area contributed by atoms with Gasteiger partial charge in [-0.3, -0.25) is 4.79 Å². The average Bonchev–Trinajstić information content (AvgIpc) is 3.01. The van der Waals surface area contributed by atoms with Crippen molar-refractivity contribution in [1.29, 1.82) is 0 Å². The lowest BCUT2D eigenvalue weighted by Crippen LogP contribution is -2.67. The van der Waals surface area contributed by atoms with E-state index in [1.165, 1.54) is 0 Å². The molecule has 2 unspecified atom stereocenters. The molecule has 27 heavy (non-hydrogen) atoms. The number of carboxylic acids is 1. The lowest BCUT2D eigenvalue weighted by molar-refractivity contribution is -0.145. The van der Waals surface area contributed by atoms with Gasteiger partial charge in [-0.1, -0.05) is 0 Å². The van der Waals surface area contributed by atoms with Crippen molar-refractivity contribution in [2.24, 2.45) is 0 Å². The van der Waals surface area contributed by atoms with Crippen molar-refractivity contribution in [2.75, 3.05) is 18.1 Å². The van der Waals surface area contributed by atoms with Gasteiger partial charge in [0.1, 0.15) is 17.5 Å². The third-order valence-corrected chi connectivity index (χ3v) is 5.66. The number of rotatable bonds is 5. The highest BCUT2D eigenvalue weighted by Gasteiger charge is 2.49. The average molecular weight is 388 g/mol. The van der Waals surface area contributed by atoms with E-state index in [9.17, 15) is 18.3 Å². The minimum absolute atomic E-state index is 0.0616. The molecule has 1 aliphatic heterocycles. The summed E-state index contributed by atoms with van der Waals surface area (Å²) >= 11 is 0. The molecular formula is C16H16N6O4S. The largest absolute Gasteiger partial charge is 0.480 e. The van der Waals surface area contributed by atoms with Crippen LogP contribution in [0.1, 0.15) is 0 Å². The van der Waals surface area contributed by atoms with Gasteiger partial charge in [0.05, 0.1) is 12.3 Å². The Morgan fingerprint density at radius 2 is 2.15 bits per heavy atom. The smallest absolute Gasteiger partial charge is 0.324 e. The summed E-state index contributed by atoms with van der Waals surface area (Å²) in [5.74, 6) is -0.339. The maximum Gasteiger partial charge on any atom is 0.324 e. The number of carboxylic acid groups (broad SMARTS) is 1. The molecule has 2 atom stereocenters. The fraction of sp³-hybridized carbons (Fsp3) is 0.250. The number of nitrogens with one attached hydrogen (secondary N) is 2. The predicted molar refractivity (Wildman–Crippen MR) is 97.5 cm³/mol. The summed E-state index contributed by atoms with van der Waals surface area (Å²) < 4.78 is 24.3. The third-order valence-electron chi connectivity index (χ3n) is 4.43. The van der Waals surface area contributed by atoms with Crippen LogP contribution in [0.5, 0.6) is 0 Å². The Morgan fingerprint density at radius 3 is 2.89 bits per heavy atom. The molecule has 0 aromatic carbocycles. The Labute approximate surface area is 154 Å². The number of carbonyl (C=O) groups is 1. The van der Waals surface area contributed by atoms with Gasteiger partial charge in [0, 0.05) is 36.1 Å². The molecule has 11 heteroatoms. The number of aromatic nitrogens is 4. The van der Waals surface area contributed by atoms with E-state index < -0.39 is 28.1 Å². The summed E-state index contributed by atoms with van der Waals surface area (Å²) in [4.78, 5) is 27.4. The number of fused-ring (bicyclic) bond motifs is 1. The van der Waals surface area contributed by atoms with Gasteiger partial charge in [0.15, 0.2) is 5.82 Å². The van der Waals surface area contributed by atoms with Crippen LogP contribution in [0.4, 0.5) is 5.82 Å². The lowest BCUT2D eigenvalue weighted by Gasteiger charge is -2.43. The van der Waals surface area contributed by atoms with Gasteiger partial charge in [-0.25, -0.2) is 23.4 Å². The molecule has 140 valence electrons. The van der Waals surface area contributed by atoms with Gasteiger partial charge in [-0.2, -0.15) is 4.31 Å². The molecule has 0 radical (unpaired) electrons. The number of hydrogen-bond acceptors (Lipinski definition) is 7. The van der Waals surface area contributed by atoms with E-state index >= 15 is 0 Å². The van der Waals surface area contributed by atoms with E-state index in [4.69, 9.17) is 0 Å². The minimum atomic E-state index is -3.58. The minimum Gasteiger partial charge on any atom is -0.480 e. The lowest BCUT2D eigenvalue weighted by atomic mass is 10.0. The highest BCUT2D eigenvalue weighted by molar-refractivity contribution is 7.88. The van der Waals surface area contributed by atoms with E-state index in [-0.39, 0.29) is 6.54 Å². The molecule has 1 aliphatic rings. The summed E-state index contributed by atoms with van der Waals surface area (Å²) in [5, 5.41) is 13.2. The van der Waals surface area contributed by atoms with Gasteiger partial charge in [0.2, 0.25) is 10.0 Å². The van der Waals surface area contributed by atoms with Gasteiger partial charge >= 0.3 is 5.97 Å². The Bertz CT molecular complexity index is 1130. The van der Waals surface area contributed by atoms with E-state index in [1.54, 1.807) is 24.7 Å². The van der Waals surface area contributed by atoms with Crippen LogP contribution in [0.15, 0.2) is 36.8 Å². The first-order valence-corrected chi connectivity index (χ1v) is 9.91. The Balaban J connectivity index is 1.60. The Hall–Kier alpha value is -3.05. The van der Waals surface area contributed by atoms with Crippen molar-refractivity contribution in [3.05, 3.63) is 36.8 Å². The standard InChI is InChI=1S/C16H16N6O4S/c1-27(25,26)22-8-11(13(22)16(23)24)20-12-4-6-18-15(21-12)10-7-19-14-9(10)3-2-5-17-14/h2-7,11,13H,8H2,1H3,(H,17,19)(H,23,24)(H,18,20,21). The molecule has 4 rings (SSSR count). The number of aromatic amines is 1. The Kier molecular flexibility index (Phi) is 4.04. The van der Waals surface area contributed by atoms with Crippen molar-refractivity contribution < 1.29 is 18.3 Å². The molecule has 0 amide bonds. The highest BCUT2D eigenvalue weighted by Crippen LogP contribution is 2.27. The normalized spacial score (nSPS) is 20.3. The fourth-order valence-corrected chi connectivity index (χ4v) is 4.21. The van der Waals surface area contributed by atoms with E-state index in [2.05, 4.69) is 25.3 Å². The van der Waals surface area contributed by atoms with Crippen LogP contribution in [0.25, 0.3) is 22.4 Å². The summed E-state index contributed by atoms with van der Waals surface area (Å²) in [6.07, 6.45) is 5.98. The second-order valence-corrected chi connectivity index (χ2v) is 8.17. The van der Waals surface area contributed by atoms with E-state index in [0.29, 0.717) is 17.3 Å². The van der Waals surface area contributed by atoms with Crippen LogP contribution in [0.2, 0.25) is 0 Å². The molecule has 0 aliphatic carbocycles. The highest BCUT2D eigenvalue weighted by atomic mass is 32.2. The zero-order valence-corrected chi connectivity index (χ0v) is 15.0. The predicted octanol–water partition coefficient (Wildman–Crippen LogP) is 0.529. The molecular weight excluding hydrogens is 372 g/mol. The molecule has 3 aromatic heterocycles. The zero-order valence-electron chi connectivity index (χ0n) is 14.2. The number of hydrogen-bond donors (Lipinski definition) is 3. The Morgan fingerprint density at radius 1 is 1.33 bits per heavy atom. The third kappa shape index (κ3) is 3.11. The topological polar surface area (TPSA) is 141 Å². The number of pyridine rings is 1. The first kappa shape index (κ1) is 17.4. The summed E-state index contributed by atoms with van der Waals surface area (Å²) in [6.45, 7) is 0.0616. The van der Waals surface area contributed by atoms with E-state index in [0.717, 1.165) is 21.5 Å². The number of anilines is 1. The van der Waals surface area contributed by atoms with Gasteiger partial charge in [-0.05, 0) is 18.2 Å². The number of sulfonamides is 1. The maximum absolute atomic E-state index is 11.7. The molecule has 10 nitrogen and oxygen atoms in total. The molecule has 4 heterocycles. The quantitative estimate of drug-likeness (QED) is 0.575. The molecule has 1 fully saturated rings. The van der Waals surface area contributed by atoms with Crippen molar-refractivity contribution in [1.82, 2.24) is 24.2 Å². The first-order valence-electron chi connectivity index (χ1n) is 8.06. The second-order valence-electron chi connectivity index (χ2n) is 6.23. The summed E-state index contributed by atoms with van der Waals surface area (Å²) in [5.41, 5.74) is 1.48. The van der Waals surface area contributed by atoms with Crippen molar-refractivity contribution >= 4 is 32.8 Å². The first-order chi connectivity index (χ1) is 12.8. The van der Waals surface area contributed by atoms with E-state index in [1.807, 2.05) is 12.1 Å². The molecule has 0 saturated carbocycles. The second kappa shape index (κ2) is 6.28. The van der Waals surface area contributed by atoms with Crippen molar-refractivity contribution in [3.8, 4) is 11.4 Å². The van der Waals surface area contributed by atoms with Crippen LogP contribution in [-0.2, 0) is 14.8 Å². The van der Waals surface area contributed by atoms with Crippen LogP contribution >= 0.6 is 0 Å². The van der Waals surface area contributed by atoms with Crippen LogP contribution < -0.4 is 5.32 Å².